The first-order valence-electron chi connectivity index (χ1n) is 11.1. The molecule has 0 atom stereocenters. The second-order valence-corrected chi connectivity index (χ2v) is 7.93. The van der Waals surface area contributed by atoms with Crippen LogP contribution >= 0.6 is 0 Å². The minimum absolute atomic E-state index is 0.0990. The lowest BCUT2D eigenvalue weighted by atomic mass is 9.94. The number of allylic oxidation sites excluding steroid dienone is 4. The molecule has 1 aliphatic carbocycles. The molecule has 5 heteroatoms. The van der Waals surface area contributed by atoms with Gasteiger partial charge in [-0.3, -0.25) is 9.59 Å². The first-order valence-corrected chi connectivity index (χ1v) is 11.1. The molecule has 0 bridgehead atoms. The van der Waals surface area contributed by atoms with Gasteiger partial charge in [-0.25, -0.2) is 0 Å². The molecule has 0 radical (unpaired) electrons. The fourth-order valence-electron chi connectivity index (χ4n) is 4.00. The molecule has 0 saturated carbocycles. The molecule has 3 rings (SSSR count). The Labute approximate surface area is 179 Å². The number of carboxylic acids is 1. The molecule has 2 aliphatic rings. The first-order chi connectivity index (χ1) is 14.6. The Kier molecular flexibility index (Phi) is 8.30. The number of fused-ring (bicyclic) bond motifs is 2. The van der Waals surface area contributed by atoms with E-state index in [0.717, 1.165) is 45.1 Å². The number of rotatable bonds is 12. The molecule has 1 aromatic rings. The average Bonchev–Trinajstić information content (AvgIpc) is 2.75. The van der Waals surface area contributed by atoms with Crippen LogP contribution in [-0.2, 0) is 9.59 Å². The number of nitrogens with one attached hydrogen (secondary N) is 1. The van der Waals surface area contributed by atoms with Gasteiger partial charge in [-0.05, 0) is 61.5 Å². The smallest absolute Gasteiger partial charge is 0.303 e. The Bertz CT molecular complexity index is 839. The molecule has 5 nitrogen and oxygen atoms in total. The number of nitrogens with zero attached hydrogens (tertiary/aromatic N) is 1. The van der Waals surface area contributed by atoms with Gasteiger partial charge in [-0.1, -0.05) is 43.2 Å². The molecule has 2 N–H and O–H groups in total. The van der Waals surface area contributed by atoms with Gasteiger partial charge in [0, 0.05) is 37.3 Å². The van der Waals surface area contributed by atoms with Gasteiger partial charge in [-0.15, -0.1) is 0 Å². The molecule has 160 valence electrons. The van der Waals surface area contributed by atoms with Crippen LogP contribution in [0.15, 0.2) is 53.8 Å². The molecule has 0 unspecified atom stereocenters. The highest BCUT2D eigenvalue weighted by atomic mass is 16.4. The van der Waals surface area contributed by atoms with Crippen LogP contribution in [-0.4, -0.2) is 30.1 Å². The molecular weight excluding hydrogens is 376 g/mol. The standard InChI is InChI=1S/C25H32N2O3/c28-24(26-17-9-1-4-16-25(29)30)15-3-2-10-18-27-22-13-7-5-11-20(22)19-21-12-6-8-14-23(21)27/h5-8,11,13-14,19H,1-4,9-10,12,15-18H2,(H,26,28)(H,29,30). The molecule has 0 spiro atoms. The quantitative estimate of drug-likeness (QED) is 0.475. The van der Waals surface area contributed by atoms with E-state index in [9.17, 15) is 9.59 Å². The zero-order valence-electron chi connectivity index (χ0n) is 17.6. The Hall–Kier alpha value is -2.82. The third kappa shape index (κ3) is 6.34. The third-order valence-electron chi connectivity index (χ3n) is 5.58. The van der Waals surface area contributed by atoms with Crippen molar-refractivity contribution in [3.8, 4) is 0 Å². The van der Waals surface area contributed by atoms with Crippen LogP contribution in [0.4, 0.5) is 5.69 Å². The predicted molar refractivity (Wildman–Crippen MR) is 121 cm³/mol. The average molecular weight is 409 g/mol. The molecule has 1 heterocycles. The van der Waals surface area contributed by atoms with Crippen molar-refractivity contribution < 1.29 is 14.7 Å². The third-order valence-corrected chi connectivity index (χ3v) is 5.58. The minimum atomic E-state index is -0.754. The minimum Gasteiger partial charge on any atom is -0.481 e. The number of unbranched alkanes of at least 4 members (excludes halogenated alkanes) is 4. The second kappa shape index (κ2) is 11.4. The van der Waals surface area contributed by atoms with Crippen LogP contribution in [0, 0.1) is 0 Å². The number of hydrogen-bond donors (Lipinski definition) is 2. The molecule has 30 heavy (non-hydrogen) atoms. The summed E-state index contributed by atoms with van der Waals surface area (Å²) in [6.07, 6.45) is 15.9. The fraction of sp³-hybridized carbons (Fsp3) is 0.440. The van der Waals surface area contributed by atoms with Gasteiger partial charge in [-0.2, -0.15) is 0 Å². The summed E-state index contributed by atoms with van der Waals surface area (Å²) in [5.74, 6) is -0.655. The van der Waals surface area contributed by atoms with E-state index in [1.54, 1.807) is 0 Å². The Morgan fingerprint density at radius 1 is 1.00 bits per heavy atom. The summed E-state index contributed by atoms with van der Waals surface area (Å²) < 4.78 is 0. The van der Waals surface area contributed by atoms with Crippen LogP contribution in [0.5, 0.6) is 0 Å². The summed E-state index contributed by atoms with van der Waals surface area (Å²) in [6.45, 7) is 1.60. The van der Waals surface area contributed by atoms with Crippen molar-refractivity contribution in [3.05, 3.63) is 59.3 Å². The number of carbonyl (C=O) groups excluding carboxylic acids is 1. The lowest BCUT2D eigenvalue weighted by molar-refractivity contribution is -0.137. The molecule has 0 aromatic heterocycles. The van der Waals surface area contributed by atoms with Gasteiger partial charge in [0.1, 0.15) is 0 Å². The number of hydrogen-bond acceptors (Lipinski definition) is 3. The molecular formula is C25H32N2O3. The van der Waals surface area contributed by atoms with E-state index in [-0.39, 0.29) is 12.3 Å². The summed E-state index contributed by atoms with van der Waals surface area (Å²) >= 11 is 0. The number of carboxylic acid groups (broad SMARTS) is 1. The van der Waals surface area contributed by atoms with Crippen molar-refractivity contribution in [2.24, 2.45) is 0 Å². The van der Waals surface area contributed by atoms with Crippen LogP contribution < -0.4 is 10.2 Å². The van der Waals surface area contributed by atoms with Crippen LogP contribution in [0.3, 0.4) is 0 Å². The SMILES string of the molecule is O=C(O)CCCCCNC(=O)CCCCCN1C2=CC=CCC2=Cc2ccccc21. The van der Waals surface area contributed by atoms with Crippen molar-refractivity contribution in [1.82, 2.24) is 5.32 Å². The van der Waals surface area contributed by atoms with Gasteiger partial charge in [0.2, 0.25) is 5.91 Å². The normalized spacial score (nSPS) is 14.5. The highest BCUT2D eigenvalue weighted by Crippen LogP contribution is 2.37. The van der Waals surface area contributed by atoms with Crippen molar-refractivity contribution in [3.63, 3.8) is 0 Å². The highest BCUT2D eigenvalue weighted by molar-refractivity contribution is 5.80. The topological polar surface area (TPSA) is 69.6 Å². The number of carbonyl (C=O) groups is 2. The Morgan fingerprint density at radius 2 is 1.80 bits per heavy atom. The monoisotopic (exact) mass is 408 g/mol. The largest absolute Gasteiger partial charge is 0.481 e. The summed E-state index contributed by atoms with van der Waals surface area (Å²) in [5, 5.41) is 11.5. The van der Waals surface area contributed by atoms with Crippen molar-refractivity contribution in [2.45, 2.75) is 57.8 Å². The van der Waals surface area contributed by atoms with Gasteiger partial charge < -0.3 is 15.3 Å². The number of anilines is 1. The fourth-order valence-corrected chi connectivity index (χ4v) is 4.00. The first kappa shape index (κ1) is 21.9. The molecule has 1 amide bonds. The summed E-state index contributed by atoms with van der Waals surface area (Å²) in [5.41, 5.74) is 5.22. The van der Waals surface area contributed by atoms with Crippen molar-refractivity contribution in [2.75, 3.05) is 18.0 Å². The summed E-state index contributed by atoms with van der Waals surface area (Å²) in [6, 6.07) is 8.55. The van der Waals surface area contributed by atoms with Crippen molar-refractivity contribution >= 4 is 23.6 Å². The number of para-hydroxylation sites is 1. The molecule has 1 aromatic carbocycles. The van der Waals surface area contributed by atoms with E-state index in [1.165, 1.54) is 22.5 Å². The van der Waals surface area contributed by atoms with Crippen molar-refractivity contribution in [1.29, 1.82) is 0 Å². The zero-order chi connectivity index (χ0) is 21.2. The second-order valence-electron chi connectivity index (χ2n) is 7.93. The maximum Gasteiger partial charge on any atom is 0.303 e. The van der Waals surface area contributed by atoms with Crippen LogP contribution in [0.2, 0.25) is 0 Å². The van der Waals surface area contributed by atoms with Crippen LogP contribution in [0.1, 0.15) is 63.4 Å². The number of amides is 1. The van der Waals surface area contributed by atoms with Crippen LogP contribution in [0.25, 0.3) is 6.08 Å². The number of benzene rings is 1. The molecule has 1 aliphatic heterocycles. The Balaban J connectivity index is 1.36. The van der Waals surface area contributed by atoms with E-state index >= 15 is 0 Å². The maximum absolute atomic E-state index is 12.0. The van der Waals surface area contributed by atoms with Gasteiger partial charge >= 0.3 is 5.97 Å². The van der Waals surface area contributed by atoms with E-state index in [2.05, 4.69) is 58.8 Å². The molecule has 0 saturated heterocycles. The molecule has 0 fully saturated rings. The van der Waals surface area contributed by atoms with E-state index in [4.69, 9.17) is 5.11 Å². The zero-order valence-corrected chi connectivity index (χ0v) is 17.6. The highest BCUT2D eigenvalue weighted by Gasteiger charge is 2.22. The summed E-state index contributed by atoms with van der Waals surface area (Å²) in [4.78, 5) is 24.8. The van der Waals surface area contributed by atoms with Gasteiger partial charge in [0.15, 0.2) is 0 Å². The Morgan fingerprint density at radius 3 is 2.67 bits per heavy atom. The van der Waals surface area contributed by atoms with E-state index < -0.39 is 5.97 Å². The predicted octanol–water partition coefficient (Wildman–Crippen LogP) is 5.06. The van der Waals surface area contributed by atoms with E-state index in [1.807, 2.05) is 0 Å². The lowest BCUT2D eigenvalue weighted by Crippen LogP contribution is -2.28. The lowest BCUT2D eigenvalue weighted by Gasteiger charge is -2.35. The van der Waals surface area contributed by atoms with E-state index in [0.29, 0.717) is 19.4 Å². The maximum atomic E-state index is 12.0. The van der Waals surface area contributed by atoms with Gasteiger partial charge in [0.05, 0.1) is 0 Å². The van der Waals surface area contributed by atoms with Gasteiger partial charge in [0.25, 0.3) is 0 Å². The number of aliphatic carboxylic acids is 1. The summed E-state index contributed by atoms with van der Waals surface area (Å²) in [7, 11) is 0.